The maximum absolute atomic E-state index is 5.93. The van der Waals surface area contributed by atoms with Gasteiger partial charge in [0.25, 0.3) is 0 Å². The second-order valence-electron chi connectivity index (χ2n) is 6.07. The molecule has 1 atom stereocenters. The first-order chi connectivity index (χ1) is 10.3. The molecule has 1 aliphatic carbocycles. The molecule has 0 radical (unpaired) electrons. The molecule has 0 amide bonds. The minimum Gasteiger partial charge on any atom is -0.376 e. The topological polar surface area (TPSA) is 50.3 Å². The molecule has 0 spiro atoms. The van der Waals surface area contributed by atoms with Crippen LogP contribution in [0.25, 0.3) is 0 Å². The van der Waals surface area contributed by atoms with E-state index in [1.54, 1.807) is 0 Å². The normalized spacial score (nSPS) is 22.4. The molecule has 1 aromatic rings. The molecule has 2 aliphatic rings. The lowest BCUT2D eigenvalue weighted by Crippen LogP contribution is -2.40. The van der Waals surface area contributed by atoms with E-state index in [1.807, 2.05) is 7.05 Å². The zero-order valence-corrected chi connectivity index (χ0v) is 13.1. The van der Waals surface area contributed by atoms with Gasteiger partial charge in [0.2, 0.25) is 0 Å². The number of hydrogen-bond acceptors (Lipinski definition) is 5. The van der Waals surface area contributed by atoms with E-state index in [1.165, 1.54) is 19.3 Å². The lowest BCUT2D eigenvalue weighted by atomic mass is 10.1. The van der Waals surface area contributed by atoms with E-state index in [0.717, 1.165) is 50.0 Å². The Morgan fingerprint density at radius 3 is 2.90 bits per heavy atom. The van der Waals surface area contributed by atoms with Crippen molar-refractivity contribution in [2.45, 2.75) is 51.0 Å². The van der Waals surface area contributed by atoms with Gasteiger partial charge in [-0.1, -0.05) is 6.92 Å². The molecule has 1 saturated heterocycles. The number of ether oxygens (including phenoxy) is 1. The molecule has 1 aromatic heterocycles. The lowest BCUT2D eigenvalue weighted by Gasteiger charge is -2.33. The first-order valence-electron chi connectivity index (χ1n) is 8.23. The Balaban J connectivity index is 1.73. The summed E-state index contributed by atoms with van der Waals surface area (Å²) in [6.45, 7) is 5.03. The van der Waals surface area contributed by atoms with E-state index in [4.69, 9.17) is 9.72 Å². The third-order valence-electron chi connectivity index (χ3n) is 4.19. The van der Waals surface area contributed by atoms with E-state index in [2.05, 4.69) is 28.2 Å². The number of nitrogens with zero attached hydrogens (tertiary/aromatic N) is 3. The molecule has 116 valence electrons. The van der Waals surface area contributed by atoms with Crippen LogP contribution in [0.4, 0.5) is 11.6 Å². The minimum absolute atomic E-state index is 0.344. The van der Waals surface area contributed by atoms with Gasteiger partial charge in [-0.05, 0) is 32.1 Å². The van der Waals surface area contributed by atoms with Crippen molar-refractivity contribution in [1.29, 1.82) is 0 Å². The summed E-state index contributed by atoms with van der Waals surface area (Å²) in [6.07, 6.45) is 6.22. The average Bonchev–Trinajstić information content (AvgIpc) is 3.37. The zero-order valence-electron chi connectivity index (χ0n) is 13.1. The van der Waals surface area contributed by atoms with Crippen LogP contribution in [0.2, 0.25) is 0 Å². The van der Waals surface area contributed by atoms with Gasteiger partial charge in [0.15, 0.2) is 0 Å². The fourth-order valence-electron chi connectivity index (χ4n) is 2.83. The van der Waals surface area contributed by atoms with Gasteiger partial charge in [0.1, 0.15) is 17.5 Å². The molecule has 0 aromatic carbocycles. The maximum Gasteiger partial charge on any atom is 0.136 e. The Labute approximate surface area is 127 Å². The van der Waals surface area contributed by atoms with Gasteiger partial charge in [-0.3, -0.25) is 0 Å². The SMILES string of the molecule is CCCOC1CCCN(c2cc(NC)nc(C3CC3)n2)C1. The van der Waals surface area contributed by atoms with Crippen molar-refractivity contribution in [3.63, 3.8) is 0 Å². The van der Waals surface area contributed by atoms with Gasteiger partial charge in [0.05, 0.1) is 6.10 Å². The van der Waals surface area contributed by atoms with E-state index < -0.39 is 0 Å². The first kappa shape index (κ1) is 14.6. The van der Waals surface area contributed by atoms with Crippen LogP contribution in [-0.2, 0) is 4.74 Å². The second kappa shape index (κ2) is 6.60. The van der Waals surface area contributed by atoms with Gasteiger partial charge in [-0.15, -0.1) is 0 Å². The highest BCUT2D eigenvalue weighted by Gasteiger charge is 2.29. The van der Waals surface area contributed by atoms with Crippen molar-refractivity contribution in [1.82, 2.24) is 9.97 Å². The first-order valence-corrected chi connectivity index (χ1v) is 8.23. The number of aromatic nitrogens is 2. The molecule has 2 heterocycles. The van der Waals surface area contributed by atoms with Gasteiger partial charge >= 0.3 is 0 Å². The van der Waals surface area contributed by atoms with Gasteiger partial charge < -0.3 is 15.0 Å². The highest BCUT2D eigenvalue weighted by atomic mass is 16.5. The third kappa shape index (κ3) is 3.64. The molecule has 2 fully saturated rings. The van der Waals surface area contributed by atoms with Crippen LogP contribution in [0.5, 0.6) is 0 Å². The fourth-order valence-corrected chi connectivity index (χ4v) is 2.83. The van der Waals surface area contributed by atoms with Crippen LogP contribution < -0.4 is 10.2 Å². The van der Waals surface area contributed by atoms with Crippen molar-refractivity contribution in [3.05, 3.63) is 11.9 Å². The molecule has 1 aliphatic heterocycles. The number of nitrogens with one attached hydrogen (secondary N) is 1. The molecule has 21 heavy (non-hydrogen) atoms. The second-order valence-corrected chi connectivity index (χ2v) is 6.07. The van der Waals surface area contributed by atoms with Gasteiger partial charge in [0, 0.05) is 38.7 Å². The Morgan fingerprint density at radius 1 is 1.33 bits per heavy atom. The standard InChI is InChI=1S/C16H26N4O/c1-3-9-21-13-5-4-8-20(11-13)15-10-14(17-2)18-16(19-15)12-6-7-12/h10,12-13H,3-9,11H2,1-2H3,(H,17,18,19). The van der Waals surface area contributed by atoms with Crippen molar-refractivity contribution in [3.8, 4) is 0 Å². The molecule has 5 nitrogen and oxygen atoms in total. The third-order valence-corrected chi connectivity index (χ3v) is 4.19. The number of piperidine rings is 1. The summed E-state index contributed by atoms with van der Waals surface area (Å²) in [7, 11) is 1.92. The molecule has 1 saturated carbocycles. The van der Waals surface area contributed by atoms with E-state index in [9.17, 15) is 0 Å². The molecule has 5 heteroatoms. The largest absolute Gasteiger partial charge is 0.376 e. The predicted octanol–water partition coefficient (Wildman–Crippen LogP) is 2.79. The molecule has 3 rings (SSSR count). The number of rotatable bonds is 6. The summed E-state index contributed by atoms with van der Waals surface area (Å²) in [5, 5.41) is 3.17. The van der Waals surface area contributed by atoms with Crippen LogP contribution in [0.15, 0.2) is 6.07 Å². The van der Waals surface area contributed by atoms with E-state index in [-0.39, 0.29) is 0 Å². The number of hydrogen-bond donors (Lipinski definition) is 1. The van der Waals surface area contributed by atoms with Gasteiger partial charge in [-0.25, -0.2) is 9.97 Å². The van der Waals surface area contributed by atoms with Crippen LogP contribution in [0.3, 0.4) is 0 Å². The summed E-state index contributed by atoms with van der Waals surface area (Å²) in [5.74, 6) is 3.57. The maximum atomic E-state index is 5.93. The summed E-state index contributed by atoms with van der Waals surface area (Å²) < 4.78 is 5.93. The molecule has 1 unspecified atom stereocenters. The Morgan fingerprint density at radius 2 is 2.19 bits per heavy atom. The smallest absolute Gasteiger partial charge is 0.136 e. The van der Waals surface area contributed by atoms with Crippen LogP contribution in [0, 0.1) is 0 Å². The Kier molecular flexibility index (Phi) is 4.58. The molecule has 1 N–H and O–H groups in total. The minimum atomic E-state index is 0.344. The predicted molar refractivity (Wildman–Crippen MR) is 85.0 cm³/mol. The Bertz CT molecular complexity index is 475. The summed E-state index contributed by atoms with van der Waals surface area (Å²) in [6, 6.07) is 2.06. The van der Waals surface area contributed by atoms with Crippen molar-refractivity contribution < 1.29 is 4.74 Å². The molecular formula is C16H26N4O. The summed E-state index contributed by atoms with van der Waals surface area (Å²) in [4.78, 5) is 11.8. The Hall–Kier alpha value is -1.36. The zero-order chi connectivity index (χ0) is 14.7. The van der Waals surface area contributed by atoms with Crippen molar-refractivity contribution in [2.75, 3.05) is 37.0 Å². The number of anilines is 2. The quantitative estimate of drug-likeness (QED) is 0.873. The van der Waals surface area contributed by atoms with Crippen LogP contribution >= 0.6 is 0 Å². The van der Waals surface area contributed by atoms with E-state index in [0.29, 0.717) is 12.0 Å². The van der Waals surface area contributed by atoms with Gasteiger partial charge in [-0.2, -0.15) is 0 Å². The van der Waals surface area contributed by atoms with Crippen molar-refractivity contribution >= 4 is 11.6 Å². The lowest BCUT2D eigenvalue weighted by molar-refractivity contribution is 0.0439. The van der Waals surface area contributed by atoms with Crippen LogP contribution in [0.1, 0.15) is 50.8 Å². The molecule has 0 bridgehead atoms. The summed E-state index contributed by atoms with van der Waals surface area (Å²) >= 11 is 0. The highest BCUT2D eigenvalue weighted by molar-refractivity contribution is 5.50. The average molecular weight is 290 g/mol. The monoisotopic (exact) mass is 290 g/mol. The fraction of sp³-hybridized carbons (Fsp3) is 0.750. The summed E-state index contributed by atoms with van der Waals surface area (Å²) in [5.41, 5.74) is 0. The van der Waals surface area contributed by atoms with E-state index >= 15 is 0 Å². The van der Waals surface area contributed by atoms with Crippen LogP contribution in [-0.4, -0.2) is 42.8 Å². The van der Waals surface area contributed by atoms with Crippen molar-refractivity contribution in [2.24, 2.45) is 0 Å². The highest BCUT2D eigenvalue weighted by Crippen LogP contribution is 2.39. The molecular weight excluding hydrogens is 264 g/mol.